The Labute approximate surface area is 424 Å². The summed E-state index contributed by atoms with van der Waals surface area (Å²) in [6.07, 6.45) is 77.6. The van der Waals surface area contributed by atoms with Crippen molar-refractivity contribution >= 4 is 17.9 Å². The highest BCUT2D eigenvalue weighted by atomic mass is 16.6. The molecule has 0 fully saturated rings. The largest absolute Gasteiger partial charge is 0.462 e. The van der Waals surface area contributed by atoms with E-state index in [4.69, 9.17) is 14.2 Å². The van der Waals surface area contributed by atoms with Crippen LogP contribution in [0.15, 0.2) is 122 Å². The Bertz CT molecular complexity index is 1470. The molecule has 390 valence electrons. The summed E-state index contributed by atoms with van der Waals surface area (Å²) in [5.41, 5.74) is 0. The molecule has 6 heteroatoms. The van der Waals surface area contributed by atoms with E-state index in [0.717, 1.165) is 167 Å². The zero-order valence-electron chi connectivity index (χ0n) is 44.5. The molecule has 0 amide bonds. The lowest BCUT2D eigenvalue weighted by molar-refractivity contribution is -0.167. The number of unbranched alkanes of at least 4 members (excludes halogenated alkanes) is 18. The van der Waals surface area contributed by atoms with Gasteiger partial charge in [-0.3, -0.25) is 14.4 Å². The van der Waals surface area contributed by atoms with Crippen molar-refractivity contribution in [3.8, 4) is 0 Å². The fourth-order valence-corrected chi connectivity index (χ4v) is 7.20. The van der Waals surface area contributed by atoms with Crippen LogP contribution in [0, 0.1) is 0 Å². The van der Waals surface area contributed by atoms with Gasteiger partial charge in [0.25, 0.3) is 0 Å². The molecule has 0 aromatic carbocycles. The molecule has 0 rings (SSSR count). The van der Waals surface area contributed by atoms with Gasteiger partial charge in [-0.15, -0.1) is 0 Å². The standard InChI is InChI=1S/C63H102O6/c1-4-7-10-13-16-19-22-24-25-26-27-28-29-30-31-32-33-34-35-36-37-39-41-44-47-50-53-56-62(65)68-59-60(58-67-61(64)55-52-49-46-43-40-21-18-15-12-9-6-3)69-63(66)57-54-51-48-45-42-38-23-20-17-14-11-8-5-2/h7,10-11,14-16,18-20,23-25,27-28,30-31,33-34,36-37,60H,4-6,8-9,12-13,17,21-22,26,29,32,35,38-59H2,1-3H3/b10-7-,14-11-,18-15-,19-16-,23-20-,25-24-,28-27-,31-30-,34-33-,37-36-. The second kappa shape index (κ2) is 56.4. The van der Waals surface area contributed by atoms with Crippen LogP contribution < -0.4 is 0 Å². The predicted octanol–water partition coefficient (Wildman–Crippen LogP) is 18.9. The van der Waals surface area contributed by atoms with Gasteiger partial charge in [-0.2, -0.15) is 0 Å². The maximum atomic E-state index is 12.8. The molecule has 0 saturated carbocycles. The van der Waals surface area contributed by atoms with Crippen LogP contribution in [0.5, 0.6) is 0 Å². The fraction of sp³-hybridized carbons (Fsp3) is 0.635. The molecule has 1 unspecified atom stereocenters. The summed E-state index contributed by atoms with van der Waals surface area (Å²) in [7, 11) is 0. The first kappa shape index (κ1) is 64.8. The molecule has 0 aliphatic carbocycles. The van der Waals surface area contributed by atoms with Gasteiger partial charge in [0, 0.05) is 19.3 Å². The Balaban J connectivity index is 4.35. The third kappa shape index (κ3) is 54.6. The van der Waals surface area contributed by atoms with E-state index in [1.54, 1.807) is 0 Å². The minimum absolute atomic E-state index is 0.0973. The topological polar surface area (TPSA) is 78.9 Å². The number of hydrogen-bond donors (Lipinski definition) is 0. The van der Waals surface area contributed by atoms with E-state index in [-0.39, 0.29) is 31.1 Å². The first-order chi connectivity index (χ1) is 34.0. The minimum atomic E-state index is -0.799. The van der Waals surface area contributed by atoms with E-state index >= 15 is 0 Å². The molecule has 0 heterocycles. The average Bonchev–Trinajstić information content (AvgIpc) is 3.35. The van der Waals surface area contributed by atoms with Crippen LogP contribution in [0.3, 0.4) is 0 Å². The zero-order chi connectivity index (χ0) is 50.0. The van der Waals surface area contributed by atoms with Gasteiger partial charge in [-0.1, -0.05) is 219 Å². The average molecular weight is 956 g/mol. The molecule has 0 bridgehead atoms. The van der Waals surface area contributed by atoms with Gasteiger partial charge >= 0.3 is 17.9 Å². The number of hydrogen-bond acceptors (Lipinski definition) is 6. The van der Waals surface area contributed by atoms with Gasteiger partial charge in [0.2, 0.25) is 0 Å². The third-order valence-electron chi connectivity index (χ3n) is 11.4. The van der Waals surface area contributed by atoms with Crippen LogP contribution in [0.1, 0.15) is 239 Å². The summed E-state index contributed by atoms with van der Waals surface area (Å²) < 4.78 is 16.8. The van der Waals surface area contributed by atoms with Crippen LogP contribution >= 0.6 is 0 Å². The summed E-state index contributed by atoms with van der Waals surface area (Å²) in [6.45, 7) is 6.37. The Morgan fingerprint density at radius 1 is 0.304 bits per heavy atom. The third-order valence-corrected chi connectivity index (χ3v) is 11.4. The second-order valence-corrected chi connectivity index (χ2v) is 18.1. The lowest BCUT2D eigenvalue weighted by Gasteiger charge is -2.18. The monoisotopic (exact) mass is 955 g/mol. The van der Waals surface area contributed by atoms with Crippen molar-refractivity contribution in [3.05, 3.63) is 122 Å². The second-order valence-electron chi connectivity index (χ2n) is 18.1. The molecule has 0 aliphatic heterocycles. The predicted molar refractivity (Wildman–Crippen MR) is 297 cm³/mol. The van der Waals surface area contributed by atoms with E-state index < -0.39 is 6.10 Å². The molecule has 1 atom stereocenters. The number of carbonyl (C=O) groups excluding carboxylic acids is 3. The van der Waals surface area contributed by atoms with E-state index in [2.05, 4.69) is 142 Å². The Morgan fingerprint density at radius 2 is 0.594 bits per heavy atom. The Morgan fingerprint density at radius 3 is 0.957 bits per heavy atom. The normalized spacial score (nSPS) is 13.0. The van der Waals surface area contributed by atoms with Gasteiger partial charge in [0.05, 0.1) is 0 Å². The van der Waals surface area contributed by atoms with Crippen molar-refractivity contribution in [3.63, 3.8) is 0 Å². The maximum Gasteiger partial charge on any atom is 0.306 e. The van der Waals surface area contributed by atoms with E-state index in [1.807, 2.05) is 0 Å². The van der Waals surface area contributed by atoms with E-state index in [0.29, 0.717) is 19.3 Å². The van der Waals surface area contributed by atoms with Gasteiger partial charge in [-0.05, 0) is 122 Å². The molecule has 0 aromatic rings. The van der Waals surface area contributed by atoms with Crippen molar-refractivity contribution in [1.29, 1.82) is 0 Å². The number of ether oxygens (including phenoxy) is 3. The lowest BCUT2D eigenvalue weighted by atomic mass is 10.1. The van der Waals surface area contributed by atoms with Crippen molar-refractivity contribution in [2.24, 2.45) is 0 Å². The molecular weight excluding hydrogens is 853 g/mol. The summed E-state index contributed by atoms with van der Waals surface area (Å²) >= 11 is 0. The van der Waals surface area contributed by atoms with Crippen LogP contribution in [-0.2, 0) is 28.6 Å². The van der Waals surface area contributed by atoms with Crippen LogP contribution in [0.4, 0.5) is 0 Å². The van der Waals surface area contributed by atoms with Crippen LogP contribution in [0.25, 0.3) is 0 Å². The molecule has 0 aliphatic rings. The lowest BCUT2D eigenvalue weighted by Crippen LogP contribution is -2.30. The minimum Gasteiger partial charge on any atom is -0.462 e. The molecule has 0 radical (unpaired) electrons. The smallest absolute Gasteiger partial charge is 0.306 e. The molecule has 0 N–H and O–H groups in total. The van der Waals surface area contributed by atoms with Gasteiger partial charge in [0.1, 0.15) is 13.2 Å². The van der Waals surface area contributed by atoms with Gasteiger partial charge < -0.3 is 14.2 Å². The highest BCUT2D eigenvalue weighted by Gasteiger charge is 2.19. The quantitative estimate of drug-likeness (QED) is 0.0262. The number of rotatable bonds is 49. The van der Waals surface area contributed by atoms with Gasteiger partial charge in [0.15, 0.2) is 6.10 Å². The van der Waals surface area contributed by atoms with E-state index in [1.165, 1.54) is 32.1 Å². The van der Waals surface area contributed by atoms with Crippen molar-refractivity contribution in [1.82, 2.24) is 0 Å². The number of esters is 3. The number of allylic oxidation sites excluding steroid dienone is 20. The fourth-order valence-electron chi connectivity index (χ4n) is 7.20. The molecular formula is C63H102O6. The van der Waals surface area contributed by atoms with E-state index in [9.17, 15) is 14.4 Å². The summed E-state index contributed by atoms with van der Waals surface area (Å²) in [5.74, 6) is -0.946. The molecule has 0 aromatic heterocycles. The highest BCUT2D eigenvalue weighted by Crippen LogP contribution is 2.13. The maximum absolute atomic E-state index is 12.8. The Kier molecular flexibility index (Phi) is 53.0. The number of carbonyl (C=O) groups is 3. The molecule has 0 spiro atoms. The van der Waals surface area contributed by atoms with Crippen molar-refractivity contribution in [2.75, 3.05) is 13.2 Å². The molecule has 69 heavy (non-hydrogen) atoms. The first-order valence-corrected chi connectivity index (χ1v) is 28.0. The zero-order valence-corrected chi connectivity index (χ0v) is 44.5. The molecule has 0 saturated heterocycles. The van der Waals surface area contributed by atoms with Crippen molar-refractivity contribution in [2.45, 2.75) is 245 Å². The summed E-state index contributed by atoms with van der Waals surface area (Å²) in [4.78, 5) is 38.0. The van der Waals surface area contributed by atoms with Crippen LogP contribution in [-0.4, -0.2) is 37.2 Å². The van der Waals surface area contributed by atoms with Crippen LogP contribution in [0.2, 0.25) is 0 Å². The SMILES string of the molecule is CC/C=C\C/C=C\C/C=C\C/C=C\C/C=C\C/C=C\C/C=C\CCCCCCCC(=O)OCC(COC(=O)CCCCCCC/C=C\CCCC)OC(=O)CCCCCCC/C=C\C/C=C\CCC. The van der Waals surface area contributed by atoms with Gasteiger partial charge in [-0.25, -0.2) is 0 Å². The molecule has 6 nitrogen and oxygen atoms in total. The first-order valence-electron chi connectivity index (χ1n) is 28.0. The highest BCUT2D eigenvalue weighted by molar-refractivity contribution is 5.71. The van der Waals surface area contributed by atoms with Crippen molar-refractivity contribution < 1.29 is 28.6 Å². The Hall–Kier alpha value is -4.19. The summed E-state index contributed by atoms with van der Waals surface area (Å²) in [6, 6.07) is 0. The summed E-state index contributed by atoms with van der Waals surface area (Å²) in [5, 5.41) is 0.